The van der Waals surface area contributed by atoms with Crippen LogP contribution < -0.4 is 0 Å². The molecule has 0 aliphatic carbocycles. The molecule has 4 heteroatoms. The molecule has 0 spiro atoms. The minimum atomic E-state index is -0.229. The van der Waals surface area contributed by atoms with Gasteiger partial charge in [-0.2, -0.15) is 0 Å². The van der Waals surface area contributed by atoms with Gasteiger partial charge in [-0.3, -0.25) is 4.90 Å². The molecule has 0 N–H and O–H groups in total. The first-order valence-corrected chi connectivity index (χ1v) is 6.67. The molecule has 0 bridgehead atoms. The number of furan rings is 1. The van der Waals surface area contributed by atoms with Crippen molar-refractivity contribution >= 4 is 15.9 Å². The van der Waals surface area contributed by atoms with E-state index in [-0.39, 0.29) is 5.82 Å². The van der Waals surface area contributed by atoms with E-state index in [2.05, 4.69) is 27.8 Å². The molecule has 0 saturated carbocycles. The van der Waals surface area contributed by atoms with Crippen LogP contribution >= 0.6 is 15.9 Å². The Morgan fingerprint density at radius 3 is 2.72 bits per heavy atom. The molecule has 0 radical (unpaired) electrons. The zero-order valence-corrected chi connectivity index (χ0v) is 11.8. The van der Waals surface area contributed by atoms with Crippen LogP contribution in [0.25, 0.3) is 0 Å². The van der Waals surface area contributed by atoms with Crippen molar-refractivity contribution in [3.8, 4) is 0 Å². The summed E-state index contributed by atoms with van der Waals surface area (Å²) in [5.41, 5.74) is 1.08. The van der Waals surface area contributed by atoms with Gasteiger partial charge in [-0.25, -0.2) is 4.39 Å². The fourth-order valence-corrected chi connectivity index (χ4v) is 2.22. The first-order chi connectivity index (χ1) is 8.69. The average Bonchev–Trinajstić information content (AvgIpc) is 2.86. The van der Waals surface area contributed by atoms with E-state index >= 15 is 0 Å². The van der Waals surface area contributed by atoms with E-state index in [1.165, 1.54) is 6.07 Å². The van der Waals surface area contributed by atoms with E-state index in [1.807, 2.05) is 24.3 Å². The van der Waals surface area contributed by atoms with Gasteiger partial charge in [0.15, 0.2) is 0 Å². The number of hydrogen-bond acceptors (Lipinski definition) is 2. The second kappa shape index (κ2) is 6.16. The quantitative estimate of drug-likeness (QED) is 0.822. The van der Waals surface area contributed by atoms with Gasteiger partial charge < -0.3 is 4.42 Å². The van der Waals surface area contributed by atoms with E-state index in [0.29, 0.717) is 4.47 Å². The monoisotopic (exact) mass is 311 g/mol. The van der Waals surface area contributed by atoms with Gasteiger partial charge in [0, 0.05) is 6.54 Å². The lowest BCUT2D eigenvalue weighted by Crippen LogP contribution is -2.22. The standard InChI is InChI=1S/C14H15BrFNO/c1-2-17(10-12-4-3-7-18-12)9-11-5-6-14(16)13(15)8-11/h3-8H,2,9-10H2,1H3. The highest BCUT2D eigenvalue weighted by Crippen LogP contribution is 2.18. The predicted molar refractivity (Wildman–Crippen MR) is 72.6 cm³/mol. The maximum Gasteiger partial charge on any atom is 0.137 e. The highest BCUT2D eigenvalue weighted by Gasteiger charge is 2.08. The second-order valence-corrected chi connectivity index (χ2v) is 4.99. The molecule has 2 nitrogen and oxygen atoms in total. The summed E-state index contributed by atoms with van der Waals surface area (Å²) in [4.78, 5) is 2.23. The Labute approximate surface area is 115 Å². The SMILES string of the molecule is CCN(Cc1ccc(F)c(Br)c1)Cc1ccco1. The highest BCUT2D eigenvalue weighted by molar-refractivity contribution is 9.10. The van der Waals surface area contributed by atoms with Gasteiger partial charge in [-0.15, -0.1) is 0 Å². The van der Waals surface area contributed by atoms with Crippen molar-refractivity contribution in [2.75, 3.05) is 6.54 Å². The van der Waals surface area contributed by atoms with Crippen molar-refractivity contribution in [3.05, 3.63) is 58.2 Å². The van der Waals surface area contributed by atoms with E-state index in [0.717, 1.165) is 31.0 Å². The van der Waals surface area contributed by atoms with Crippen LogP contribution in [0.2, 0.25) is 0 Å². The summed E-state index contributed by atoms with van der Waals surface area (Å²) in [6, 6.07) is 8.96. The third-order valence-corrected chi connectivity index (χ3v) is 3.40. The molecule has 0 saturated heterocycles. The first kappa shape index (κ1) is 13.3. The number of halogens is 2. The minimum absolute atomic E-state index is 0.229. The molecule has 0 amide bonds. The summed E-state index contributed by atoms with van der Waals surface area (Å²) in [5.74, 6) is 0.714. The molecule has 0 aliphatic rings. The van der Waals surface area contributed by atoms with Crippen LogP contribution in [-0.2, 0) is 13.1 Å². The first-order valence-electron chi connectivity index (χ1n) is 5.87. The summed E-state index contributed by atoms with van der Waals surface area (Å²) < 4.78 is 19.0. The third kappa shape index (κ3) is 3.43. The zero-order chi connectivity index (χ0) is 13.0. The summed E-state index contributed by atoms with van der Waals surface area (Å²) in [5, 5.41) is 0. The highest BCUT2D eigenvalue weighted by atomic mass is 79.9. The second-order valence-electron chi connectivity index (χ2n) is 4.13. The molecule has 1 aromatic heterocycles. The lowest BCUT2D eigenvalue weighted by Gasteiger charge is -2.19. The molecule has 0 unspecified atom stereocenters. The number of hydrogen-bond donors (Lipinski definition) is 0. The summed E-state index contributed by atoms with van der Waals surface area (Å²) in [7, 11) is 0. The summed E-state index contributed by atoms with van der Waals surface area (Å²) >= 11 is 3.21. The van der Waals surface area contributed by atoms with Gasteiger partial charge in [-0.1, -0.05) is 13.0 Å². The van der Waals surface area contributed by atoms with Gasteiger partial charge in [0.1, 0.15) is 11.6 Å². The van der Waals surface area contributed by atoms with Crippen LogP contribution in [0.3, 0.4) is 0 Å². The van der Waals surface area contributed by atoms with E-state index in [4.69, 9.17) is 4.42 Å². The average molecular weight is 312 g/mol. The minimum Gasteiger partial charge on any atom is -0.468 e. The van der Waals surface area contributed by atoms with Gasteiger partial charge in [0.2, 0.25) is 0 Å². The molecular weight excluding hydrogens is 297 g/mol. The molecule has 0 atom stereocenters. The number of benzene rings is 1. The Morgan fingerprint density at radius 1 is 1.28 bits per heavy atom. The predicted octanol–water partition coefficient (Wildman–Crippen LogP) is 4.20. The van der Waals surface area contributed by atoms with Gasteiger partial charge in [-0.05, 0) is 52.3 Å². The van der Waals surface area contributed by atoms with Crippen LogP contribution in [0.15, 0.2) is 45.5 Å². The van der Waals surface area contributed by atoms with E-state index in [9.17, 15) is 4.39 Å². The van der Waals surface area contributed by atoms with Crippen LogP contribution in [0.1, 0.15) is 18.2 Å². The third-order valence-electron chi connectivity index (χ3n) is 2.80. The summed E-state index contributed by atoms with van der Waals surface area (Å²) in [6.45, 7) is 4.55. The number of rotatable bonds is 5. The van der Waals surface area contributed by atoms with Crippen LogP contribution in [0, 0.1) is 5.82 Å². The van der Waals surface area contributed by atoms with Crippen molar-refractivity contribution in [1.29, 1.82) is 0 Å². The Bertz CT molecular complexity index is 499. The molecule has 0 aliphatic heterocycles. The van der Waals surface area contributed by atoms with E-state index in [1.54, 1.807) is 6.26 Å². The Hall–Kier alpha value is -1.13. The van der Waals surface area contributed by atoms with Crippen molar-refractivity contribution in [1.82, 2.24) is 4.90 Å². The lowest BCUT2D eigenvalue weighted by molar-refractivity contribution is 0.247. The van der Waals surface area contributed by atoms with Crippen molar-refractivity contribution in [2.24, 2.45) is 0 Å². The molecule has 0 fully saturated rings. The smallest absolute Gasteiger partial charge is 0.137 e. The summed E-state index contributed by atoms with van der Waals surface area (Å²) in [6.07, 6.45) is 1.68. The molecule has 18 heavy (non-hydrogen) atoms. The van der Waals surface area contributed by atoms with Gasteiger partial charge >= 0.3 is 0 Å². The molecule has 1 heterocycles. The molecule has 96 valence electrons. The fraction of sp³-hybridized carbons (Fsp3) is 0.286. The zero-order valence-electron chi connectivity index (χ0n) is 10.2. The van der Waals surface area contributed by atoms with Crippen molar-refractivity contribution in [2.45, 2.75) is 20.0 Å². The maximum absolute atomic E-state index is 13.1. The Morgan fingerprint density at radius 2 is 2.11 bits per heavy atom. The number of nitrogens with zero attached hydrogens (tertiary/aromatic N) is 1. The lowest BCUT2D eigenvalue weighted by atomic mass is 10.2. The molecular formula is C14H15BrFNO. The van der Waals surface area contributed by atoms with Crippen LogP contribution in [0.5, 0.6) is 0 Å². The maximum atomic E-state index is 13.1. The molecule has 1 aromatic carbocycles. The van der Waals surface area contributed by atoms with Gasteiger partial charge in [0.25, 0.3) is 0 Å². The molecule has 2 rings (SSSR count). The van der Waals surface area contributed by atoms with E-state index < -0.39 is 0 Å². The van der Waals surface area contributed by atoms with Gasteiger partial charge in [0.05, 0.1) is 17.3 Å². The largest absolute Gasteiger partial charge is 0.468 e. The molecule has 2 aromatic rings. The van der Waals surface area contributed by atoms with Crippen LogP contribution in [-0.4, -0.2) is 11.4 Å². The van der Waals surface area contributed by atoms with Crippen LogP contribution in [0.4, 0.5) is 4.39 Å². The van der Waals surface area contributed by atoms with Crippen molar-refractivity contribution < 1.29 is 8.81 Å². The van der Waals surface area contributed by atoms with Crippen molar-refractivity contribution in [3.63, 3.8) is 0 Å². The Kier molecular flexibility index (Phi) is 4.55. The Balaban J connectivity index is 2.03. The topological polar surface area (TPSA) is 16.4 Å². The fourth-order valence-electron chi connectivity index (χ4n) is 1.80. The normalized spacial score (nSPS) is 11.1.